The van der Waals surface area contributed by atoms with Gasteiger partial charge in [-0.3, -0.25) is 4.90 Å². The van der Waals surface area contributed by atoms with E-state index in [4.69, 9.17) is 4.42 Å². The number of benzene rings is 1. The van der Waals surface area contributed by atoms with Gasteiger partial charge in [0, 0.05) is 23.6 Å². The predicted octanol–water partition coefficient (Wildman–Crippen LogP) is 2.73. The number of furan rings is 1. The molecule has 1 aliphatic rings. The fourth-order valence-corrected chi connectivity index (χ4v) is 2.38. The summed E-state index contributed by atoms with van der Waals surface area (Å²) in [5, 5.41) is 10.5. The van der Waals surface area contributed by atoms with Gasteiger partial charge in [-0.25, -0.2) is 0 Å². The molecule has 0 unspecified atom stereocenters. The van der Waals surface area contributed by atoms with E-state index in [9.17, 15) is 5.11 Å². The highest BCUT2D eigenvalue weighted by molar-refractivity contribution is 5.82. The minimum absolute atomic E-state index is 0.259. The predicted molar refractivity (Wildman–Crippen MR) is 62.4 cm³/mol. The molecule has 0 atom stereocenters. The molecule has 1 saturated heterocycles. The maximum Gasteiger partial charge on any atom is 0.137 e. The first-order chi connectivity index (χ1) is 7.83. The average Bonchev–Trinajstić information content (AvgIpc) is 2.89. The molecular formula is C13H15NO2. The number of nitrogens with zero attached hydrogens (tertiary/aromatic N) is 1. The van der Waals surface area contributed by atoms with Crippen LogP contribution < -0.4 is 0 Å². The van der Waals surface area contributed by atoms with E-state index >= 15 is 0 Å². The first-order valence-electron chi connectivity index (χ1n) is 5.74. The van der Waals surface area contributed by atoms with Crippen LogP contribution in [0.3, 0.4) is 0 Å². The number of phenolic OH excluding ortho intramolecular Hbond substituents is 1. The van der Waals surface area contributed by atoms with E-state index < -0.39 is 0 Å². The van der Waals surface area contributed by atoms with E-state index in [0.717, 1.165) is 17.5 Å². The van der Waals surface area contributed by atoms with Crippen LogP contribution in [0.1, 0.15) is 18.4 Å². The van der Waals surface area contributed by atoms with Crippen LogP contribution in [0.5, 0.6) is 5.75 Å². The smallest absolute Gasteiger partial charge is 0.137 e. The third-order valence-corrected chi connectivity index (χ3v) is 3.23. The van der Waals surface area contributed by atoms with E-state index in [1.165, 1.54) is 31.5 Å². The number of phenols is 1. The van der Waals surface area contributed by atoms with Crippen LogP contribution >= 0.6 is 0 Å². The molecule has 3 nitrogen and oxygen atoms in total. The lowest BCUT2D eigenvalue weighted by molar-refractivity contribution is 0.331. The van der Waals surface area contributed by atoms with Crippen LogP contribution in [-0.2, 0) is 6.54 Å². The fraction of sp³-hybridized carbons (Fsp3) is 0.385. The second-order valence-corrected chi connectivity index (χ2v) is 4.42. The van der Waals surface area contributed by atoms with Crippen LogP contribution in [0.2, 0.25) is 0 Å². The molecule has 0 spiro atoms. The summed E-state index contributed by atoms with van der Waals surface area (Å²) in [4.78, 5) is 2.44. The lowest BCUT2D eigenvalue weighted by atomic mass is 10.1. The molecule has 16 heavy (non-hydrogen) atoms. The van der Waals surface area contributed by atoms with Crippen LogP contribution in [0.4, 0.5) is 0 Å². The maximum absolute atomic E-state index is 9.35. The third-order valence-electron chi connectivity index (χ3n) is 3.23. The zero-order valence-electron chi connectivity index (χ0n) is 9.15. The summed E-state index contributed by atoms with van der Waals surface area (Å²) in [5.74, 6) is 0.259. The standard InChI is InChI=1S/C13H15NO2/c15-11-3-4-12-10(9-16-13(12)7-11)8-14-5-1-2-6-14/h3-4,7,9,15H,1-2,5-6,8H2. The van der Waals surface area contributed by atoms with E-state index in [1.54, 1.807) is 12.1 Å². The molecule has 1 N–H and O–H groups in total. The molecule has 1 fully saturated rings. The lowest BCUT2D eigenvalue weighted by Crippen LogP contribution is -2.17. The van der Waals surface area contributed by atoms with E-state index in [1.807, 2.05) is 12.3 Å². The Balaban J connectivity index is 1.91. The molecular weight excluding hydrogens is 202 g/mol. The number of rotatable bonds is 2. The number of fused-ring (bicyclic) bond motifs is 1. The SMILES string of the molecule is Oc1ccc2c(CN3CCCC3)coc2c1. The Hall–Kier alpha value is -1.48. The Morgan fingerprint density at radius 2 is 2.06 bits per heavy atom. The first kappa shape index (κ1) is 9.73. The second kappa shape index (κ2) is 3.83. The van der Waals surface area contributed by atoms with Gasteiger partial charge in [-0.15, -0.1) is 0 Å². The van der Waals surface area contributed by atoms with Gasteiger partial charge in [0.1, 0.15) is 11.3 Å². The largest absolute Gasteiger partial charge is 0.508 e. The van der Waals surface area contributed by atoms with Gasteiger partial charge in [-0.2, -0.15) is 0 Å². The summed E-state index contributed by atoms with van der Waals surface area (Å²) in [5.41, 5.74) is 1.99. The fourth-order valence-electron chi connectivity index (χ4n) is 2.38. The van der Waals surface area contributed by atoms with Gasteiger partial charge in [0.25, 0.3) is 0 Å². The number of aromatic hydroxyl groups is 1. The first-order valence-corrected chi connectivity index (χ1v) is 5.74. The van der Waals surface area contributed by atoms with Crippen molar-refractivity contribution in [2.45, 2.75) is 19.4 Å². The van der Waals surface area contributed by atoms with Gasteiger partial charge in [0.05, 0.1) is 6.26 Å². The minimum Gasteiger partial charge on any atom is -0.508 e. The molecule has 0 radical (unpaired) electrons. The molecule has 3 heteroatoms. The molecule has 1 aromatic carbocycles. The average molecular weight is 217 g/mol. The van der Waals surface area contributed by atoms with Gasteiger partial charge in [-0.1, -0.05) is 0 Å². The van der Waals surface area contributed by atoms with Crippen LogP contribution in [0.25, 0.3) is 11.0 Å². The Labute approximate surface area is 94.3 Å². The molecule has 3 rings (SSSR count). The molecule has 0 bridgehead atoms. The highest BCUT2D eigenvalue weighted by Crippen LogP contribution is 2.26. The summed E-state index contributed by atoms with van der Waals surface area (Å²) in [6, 6.07) is 5.31. The molecule has 0 amide bonds. The van der Waals surface area contributed by atoms with Gasteiger partial charge in [0.2, 0.25) is 0 Å². The molecule has 2 aromatic rings. The van der Waals surface area contributed by atoms with Gasteiger partial charge < -0.3 is 9.52 Å². The Bertz CT molecular complexity index is 498. The van der Waals surface area contributed by atoms with Crippen molar-refractivity contribution in [2.75, 3.05) is 13.1 Å². The van der Waals surface area contributed by atoms with Crippen molar-refractivity contribution in [3.8, 4) is 5.75 Å². The van der Waals surface area contributed by atoms with E-state index in [0.29, 0.717) is 0 Å². The van der Waals surface area contributed by atoms with Crippen molar-refractivity contribution < 1.29 is 9.52 Å². The summed E-state index contributed by atoms with van der Waals surface area (Å²) < 4.78 is 5.45. The van der Waals surface area contributed by atoms with Crippen molar-refractivity contribution in [1.29, 1.82) is 0 Å². The van der Waals surface area contributed by atoms with Crippen molar-refractivity contribution in [1.82, 2.24) is 4.90 Å². The van der Waals surface area contributed by atoms with Gasteiger partial charge in [0.15, 0.2) is 0 Å². The van der Waals surface area contributed by atoms with Crippen molar-refractivity contribution in [3.63, 3.8) is 0 Å². The molecule has 0 aliphatic carbocycles. The van der Waals surface area contributed by atoms with Crippen LogP contribution in [0, 0.1) is 0 Å². The highest BCUT2D eigenvalue weighted by Gasteiger charge is 2.14. The minimum atomic E-state index is 0.259. The zero-order valence-corrected chi connectivity index (χ0v) is 9.15. The Kier molecular flexibility index (Phi) is 2.33. The second-order valence-electron chi connectivity index (χ2n) is 4.42. The molecule has 1 aromatic heterocycles. The Morgan fingerprint density at radius 1 is 1.25 bits per heavy atom. The highest BCUT2D eigenvalue weighted by atomic mass is 16.3. The topological polar surface area (TPSA) is 36.6 Å². The third kappa shape index (κ3) is 1.67. The van der Waals surface area contributed by atoms with E-state index in [-0.39, 0.29) is 5.75 Å². The Morgan fingerprint density at radius 3 is 2.88 bits per heavy atom. The molecule has 84 valence electrons. The quantitative estimate of drug-likeness (QED) is 0.840. The number of hydrogen-bond acceptors (Lipinski definition) is 3. The van der Waals surface area contributed by atoms with Gasteiger partial charge >= 0.3 is 0 Å². The number of likely N-dealkylation sites (tertiary alicyclic amines) is 1. The van der Waals surface area contributed by atoms with Crippen molar-refractivity contribution in [3.05, 3.63) is 30.0 Å². The van der Waals surface area contributed by atoms with Crippen molar-refractivity contribution >= 4 is 11.0 Å². The van der Waals surface area contributed by atoms with Crippen molar-refractivity contribution in [2.24, 2.45) is 0 Å². The molecule has 1 aliphatic heterocycles. The number of hydrogen-bond donors (Lipinski definition) is 1. The zero-order chi connectivity index (χ0) is 11.0. The summed E-state index contributed by atoms with van der Waals surface area (Å²) >= 11 is 0. The van der Waals surface area contributed by atoms with E-state index in [2.05, 4.69) is 4.90 Å². The van der Waals surface area contributed by atoms with Crippen LogP contribution in [-0.4, -0.2) is 23.1 Å². The molecule has 2 heterocycles. The van der Waals surface area contributed by atoms with Crippen LogP contribution in [0.15, 0.2) is 28.9 Å². The molecule has 0 saturated carbocycles. The lowest BCUT2D eigenvalue weighted by Gasteiger charge is -2.12. The maximum atomic E-state index is 9.35. The monoisotopic (exact) mass is 217 g/mol. The summed E-state index contributed by atoms with van der Waals surface area (Å²) in [6.07, 6.45) is 4.41. The normalized spacial score (nSPS) is 17.2. The summed E-state index contributed by atoms with van der Waals surface area (Å²) in [7, 11) is 0. The summed E-state index contributed by atoms with van der Waals surface area (Å²) in [6.45, 7) is 3.33. The van der Waals surface area contributed by atoms with Gasteiger partial charge in [-0.05, 0) is 38.1 Å².